The summed E-state index contributed by atoms with van der Waals surface area (Å²) in [5.41, 5.74) is 2.78. The monoisotopic (exact) mass is 468 g/mol. The van der Waals surface area contributed by atoms with Gasteiger partial charge in [0.1, 0.15) is 21.8 Å². The summed E-state index contributed by atoms with van der Waals surface area (Å²) in [5, 5.41) is 0.791. The Labute approximate surface area is 198 Å². The molecule has 3 heterocycles. The van der Waals surface area contributed by atoms with Crippen molar-refractivity contribution in [3.05, 3.63) is 52.2 Å². The van der Waals surface area contributed by atoms with Gasteiger partial charge in [0.25, 0.3) is 0 Å². The number of aromatic nitrogens is 2. The van der Waals surface area contributed by atoms with Crippen molar-refractivity contribution in [2.45, 2.75) is 50.8 Å². The topological polar surface area (TPSA) is 49.3 Å². The maximum atomic E-state index is 12.3. The Bertz CT molecular complexity index is 1110. The lowest BCUT2D eigenvalue weighted by Crippen LogP contribution is -2.50. The van der Waals surface area contributed by atoms with Crippen LogP contribution in [-0.2, 0) is 30.5 Å². The summed E-state index contributed by atoms with van der Waals surface area (Å²) in [6.07, 6.45) is 6.55. The molecule has 1 aliphatic carbocycles. The molecule has 7 heteroatoms. The molecule has 0 N–H and O–H groups in total. The molecule has 32 heavy (non-hydrogen) atoms. The Morgan fingerprint density at radius 3 is 2.56 bits per heavy atom. The Morgan fingerprint density at radius 2 is 1.81 bits per heavy atom. The number of carbonyl (C=O) groups is 1. The number of halogens is 1. The van der Waals surface area contributed by atoms with E-state index < -0.39 is 5.38 Å². The van der Waals surface area contributed by atoms with Crippen molar-refractivity contribution in [3.63, 3.8) is 0 Å². The number of nitrogens with zero attached hydrogens (tertiary/aromatic N) is 4. The molecule has 168 valence electrons. The summed E-state index contributed by atoms with van der Waals surface area (Å²) < 4.78 is 0. The van der Waals surface area contributed by atoms with Gasteiger partial charge < -0.3 is 9.80 Å². The van der Waals surface area contributed by atoms with Crippen LogP contribution in [-0.4, -0.2) is 52.3 Å². The highest BCUT2D eigenvalue weighted by Gasteiger charge is 2.28. The van der Waals surface area contributed by atoms with Crippen molar-refractivity contribution in [1.82, 2.24) is 14.9 Å². The first kappa shape index (κ1) is 21.7. The number of aryl methyl sites for hydroxylation is 4. The number of hydrogen-bond donors (Lipinski definition) is 0. The van der Waals surface area contributed by atoms with Crippen LogP contribution in [0, 0.1) is 0 Å². The number of hydrogen-bond acceptors (Lipinski definition) is 5. The Kier molecular flexibility index (Phi) is 6.33. The number of alkyl halides is 1. The highest BCUT2D eigenvalue weighted by Crippen LogP contribution is 2.40. The molecule has 2 aliphatic rings. The number of thiophene rings is 1. The average molecular weight is 469 g/mol. The second-order valence-corrected chi connectivity index (χ2v) is 10.5. The molecule has 0 bridgehead atoms. The molecule has 5 nitrogen and oxygen atoms in total. The standard InChI is InChI=1S/C25H29ClN4OS/c1-17(26)25(31)30-15-13-29(14-16-30)23-22-19-9-5-6-10-20(19)32-24(22)28-21(27-23)12-11-18-7-3-2-4-8-18/h2-4,7-8,17H,5-6,9-16H2,1H3/t17-/m0/s1. The van der Waals surface area contributed by atoms with Crippen LogP contribution in [0.4, 0.5) is 5.82 Å². The Morgan fingerprint density at radius 1 is 1.06 bits per heavy atom. The highest BCUT2D eigenvalue weighted by molar-refractivity contribution is 7.19. The lowest BCUT2D eigenvalue weighted by atomic mass is 9.96. The van der Waals surface area contributed by atoms with Crippen LogP contribution in [0.15, 0.2) is 30.3 Å². The minimum atomic E-state index is -0.471. The van der Waals surface area contributed by atoms with E-state index in [0.717, 1.165) is 55.2 Å². The third-order valence-electron chi connectivity index (χ3n) is 6.55. The smallest absolute Gasteiger partial charge is 0.240 e. The van der Waals surface area contributed by atoms with E-state index in [0.29, 0.717) is 13.1 Å². The zero-order valence-corrected chi connectivity index (χ0v) is 20.1. The fourth-order valence-electron chi connectivity index (χ4n) is 4.81. The largest absolute Gasteiger partial charge is 0.352 e. The molecular weight excluding hydrogens is 440 g/mol. The second-order valence-electron chi connectivity index (χ2n) is 8.77. The Balaban J connectivity index is 1.45. The van der Waals surface area contributed by atoms with Crippen molar-refractivity contribution in [3.8, 4) is 0 Å². The van der Waals surface area contributed by atoms with Gasteiger partial charge >= 0.3 is 0 Å². The van der Waals surface area contributed by atoms with E-state index in [1.807, 2.05) is 16.2 Å². The molecule has 0 radical (unpaired) electrons. The minimum absolute atomic E-state index is 0.0237. The van der Waals surface area contributed by atoms with Crippen molar-refractivity contribution in [2.75, 3.05) is 31.1 Å². The van der Waals surface area contributed by atoms with Crippen LogP contribution >= 0.6 is 22.9 Å². The number of amides is 1. The van der Waals surface area contributed by atoms with Gasteiger partial charge in [0.15, 0.2) is 0 Å². The molecule has 1 amide bonds. The number of benzene rings is 1. The maximum absolute atomic E-state index is 12.3. The summed E-state index contributed by atoms with van der Waals surface area (Å²) >= 11 is 7.90. The van der Waals surface area contributed by atoms with E-state index in [-0.39, 0.29) is 5.91 Å². The fourth-order valence-corrected chi connectivity index (χ4v) is 6.23. The summed E-state index contributed by atoms with van der Waals surface area (Å²) in [6.45, 7) is 4.69. The Hall–Kier alpha value is -2.18. The molecule has 1 fully saturated rings. The molecule has 5 rings (SSSR count). The summed E-state index contributed by atoms with van der Waals surface area (Å²) in [6, 6.07) is 10.5. The maximum Gasteiger partial charge on any atom is 0.240 e. The van der Waals surface area contributed by atoms with Crippen LogP contribution in [0.1, 0.15) is 41.6 Å². The van der Waals surface area contributed by atoms with Crippen LogP contribution < -0.4 is 4.90 Å². The van der Waals surface area contributed by atoms with Gasteiger partial charge in [-0.25, -0.2) is 9.97 Å². The molecule has 1 aliphatic heterocycles. The van der Waals surface area contributed by atoms with Crippen LogP contribution in [0.5, 0.6) is 0 Å². The number of anilines is 1. The summed E-state index contributed by atoms with van der Waals surface area (Å²) in [7, 11) is 0. The van der Waals surface area contributed by atoms with Crippen LogP contribution in [0.25, 0.3) is 10.2 Å². The minimum Gasteiger partial charge on any atom is -0.352 e. The average Bonchev–Trinajstić information content (AvgIpc) is 3.21. The van der Waals surface area contributed by atoms with E-state index >= 15 is 0 Å². The van der Waals surface area contributed by atoms with Gasteiger partial charge in [-0.2, -0.15) is 0 Å². The van der Waals surface area contributed by atoms with E-state index in [1.165, 1.54) is 34.2 Å². The first-order valence-corrected chi connectivity index (χ1v) is 12.9. The lowest BCUT2D eigenvalue weighted by molar-refractivity contribution is -0.130. The lowest BCUT2D eigenvalue weighted by Gasteiger charge is -2.36. The SMILES string of the molecule is C[C@H](Cl)C(=O)N1CCN(c2nc(CCc3ccccc3)nc3sc4c(c23)CCCC4)CC1. The molecule has 2 aromatic heterocycles. The number of carbonyl (C=O) groups excluding carboxylic acids is 1. The summed E-state index contributed by atoms with van der Waals surface area (Å²) in [4.78, 5) is 29.3. The first-order chi connectivity index (χ1) is 15.6. The van der Waals surface area contributed by atoms with Gasteiger partial charge in [-0.3, -0.25) is 4.79 Å². The zero-order valence-electron chi connectivity index (χ0n) is 18.5. The third-order valence-corrected chi connectivity index (χ3v) is 7.93. The third kappa shape index (κ3) is 4.35. The molecule has 3 aromatic rings. The van der Waals surface area contributed by atoms with Crippen molar-refractivity contribution < 1.29 is 4.79 Å². The fraction of sp³-hybridized carbons (Fsp3) is 0.480. The quantitative estimate of drug-likeness (QED) is 0.512. The number of piperazine rings is 1. The first-order valence-electron chi connectivity index (χ1n) is 11.6. The van der Waals surface area contributed by atoms with Gasteiger partial charge in [0.05, 0.1) is 5.39 Å². The predicted molar refractivity (Wildman–Crippen MR) is 132 cm³/mol. The van der Waals surface area contributed by atoms with E-state index in [4.69, 9.17) is 21.6 Å². The predicted octanol–water partition coefficient (Wildman–Crippen LogP) is 4.63. The van der Waals surface area contributed by atoms with Crippen LogP contribution in [0.2, 0.25) is 0 Å². The molecule has 0 spiro atoms. The van der Waals surface area contributed by atoms with E-state index in [1.54, 1.807) is 6.92 Å². The van der Waals surface area contributed by atoms with Gasteiger partial charge in [0, 0.05) is 37.5 Å². The van der Waals surface area contributed by atoms with E-state index in [9.17, 15) is 4.79 Å². The summed E-state index contributed by atoms with van der Waals surface area (Å²) in [5.74, 6) is 2.02. The van der Waals surface area contributed by atoms with Gasteiger partial charge in [0.2, 0.25) is 5.91 Å². The molecular formula is C25H29ClN4OS. The normalized spacial score (nSPS) is 17.4. The zero-order chi connectivity index (χ0) is 22.1. The molecule has 0 saturated carbocycles. The molecule has 1 aromatic carbocycles. The molecule has 1 atom stereocenters. The van der Waals surface area contributed by atoms with Crippen molar-refractivity contribution in [1.29, 1.82) is 0 Å². The van der Waals surface area contributed by atoms with Gasteiger partial charge in [-0.15, -0.1) is 22.9 Å². The van der Waals surface area contributed by atoms with E-state index in [2.05, 4.69) is 35.2 Å². The van der Waals surface area contributed by atoms with Crippen LogP contribution in [0.3, 0.4) is 0 Å². The molecule has 0 unspecified atom stereocenters. The van der Waals surface area contributed by atoms with Crippen molar-refractivity contribution in [2.24, 2.45) is 0 Å². The number of rotatable bonds is 5. The molecule has 1 saturated heterocycles. The van der Waals surface area contributed by atoms with Gasteiger partial charge in [-0.05, 0) is 50.2 Å². The second kappa shape index (κ2) is 9.36. The van der Waals surface area contributed by atoms with Gasteiger partial charge in [-0.1, -0.05) is 30.3 Å². The number of fused-ring (bicyclic) bond motifs is 3. The van der Waals surface area contributed by atoms with Crippen molar-refractivity contribution >= 4 is 44.9 Å². The highest BCUT2D eigenvalue weighted by atomic mass is 35.5.